The third-order valence-corrected chi connectivity index (χ3v) is 6.73. The summed E-state index contributed by atoms with van der Waals surface area (Å²) >= 11 is 5.93. The molecular formula is C18H19ClN3O3S+. The summed E-state index contributed by atoms with van der Waals surface area (Å²) in [4.78, 5) is 6.00. The molecule has 8 heteroatoms. The molecule has 1 fully saturated rings. The number of sulfonamides is 1. The van der Waals surface area contributed by atoms with Crippen LogP contribution in [-0.2, 0) is 16.6 Å². The monoisotopic (exact) mass is 392 g/mol. The fourth-order valence-electron chi connectivity index (χ4n) is 3.21. The molecule has 2 aromatic carbocycles. The van der Waals surface area contributed by atoms with E-state index in [-0.39, 0.29) is 4.90 Å². The highest BCUT2D eigenvalue weighted by Gasteiger charge is 2.31. The molecule has 136 valence electrons. The second kappa shape index (κ2) is 7.00. The minimum atomic E-state index is -3.50. The van der Waals surface area contributed by atoms with Crippen LogP contribution in [0.5, 0.6) is 0 Å². The lowest BCUT2D eigenvalue weighted by atomic mass is 10.3. The molecule has 1 aromatic heterocycles. The van der Waals surface area contributed by atoms with E-state index in [2.05, 4.69) is 4.98 Å². The summed E-state index contributed by atoms with van der Waals surface area (Å²) in [5.74, 6) is 0.687. The molecule has 0 radical (unpaired) electrons. The molecule has 0 atom stereocenters. The van der Waals surface area contributed by atoms with Gasteiger partial charge in [0, 0.05) is 5.02 Å². The van der Waals surface area contributed by atoms with Crippen LogP contribution >= 0.6 is 11.6 Å². The smallest absolute Gasteiger partial charge is 0.251 e. The Morgan fingerprint density at radius 2 is 1.88 bits per heavy atom. The van der Waals surface area contributed by atoms with Gasteiger partial charge in [0.05, 0.1) is 31.1 Å². The first kappa shape index (κ1) is 17.5. The Kier molecular flexibility index (Phi) is 4.71. The molecule has 4 rings (SSSR count). The third kappa shape index (κ3) is 3.48. The lowest BCUT2D eigenvalue weighted by Gasteiger charge is -2.30. The molecule has 1 aliphatic rings. The van der Waals surface area contributed by atoms with Gasteiger partial charge in [-0.1, -0.05) is 29.8 Å². The Bertz CT molecular complexity index is 994. The van der Waals surface area contributed by atoms with E-state index in [1.54, 1.807) is 18.2 Å². The van der Waals surface area contributed by atoms with Gasteiger partial charge in [0.1, 0.15) is 5.52 Å². The van der Waals surface area contributed by atoms with Crippen molar-refractivity contribution >= 4 is 32.7 Å². The van der Waals surface area contributed by atoms with Gasteiger partial charge in [0.25, 0.3) is 5.89 Å². The van der Waals surface area contributed by atoms with Crippen molar-refractivity contribution in [2.45, 2.75) is 11.4 Å². The fourth-order valence-corrected chi connectivity index (χ4v) is 4.95. The van der Waals surface area contributed by atoms with Gasteiger partial charge < -0.3 is 9.32 Å². The number of halogens is 1. The van der Waals surface area contributed by atoms with E-state index in [0.717, 1.165) is 11.1 Å². The number of fused-ring (bicyclic) bond motifs is 1. The maximum Gasteiger partial charge on any atom is 0.251 e. The van der Waals surface area contributed by atoms with E-state index in [4.69, 9.17) is 16.0 Å². The molecule has 0 spiro atoms. The SMILES string of the molecule is O=S(=O)(c1cccc(Cl)c1)N1CC[NH+](Cc2nc3ccccc3o2)CC1. The molecule has 0 amide bonds. The zero-order valence-electron chi connectivity index (χ0n) is 14.1. The predicted molar refractivity (Wildman–Crippen MR) is 98.6 cm³/mol. The van der Waals surface area contributed by atoms with E-state index in [0.29, 0.717) is 43.6 Å². The molecular weight excluding hydrogens is 374 g/mol. The molecule has 2 heterocycles. The summed E-state index contributed by atoms with van der Waals surface area (Å²) in [6, 6.07) is 14.1. The first-order chi connectivity index (χ1) is 12.5. The Balaban J connectivity index is 1.42. The van der Waals surface area contributed by atoms with Crippen LogP contribution in [0.25, 0.3) is 11.1 Å². The number of hydrogen-bond donors (Lipinski definition) is 1. The number of nitrogens with one attached hydrogen (secondary N) is 1. The van der Waals surface area contributed by atoms with Crippen LogP contribution in [0.3, 0.4) is 0 Å². The van der Waals surface area contributed by atoms with E-state index in [1.165, 1.54) is 15.3 Å². The second-order valence-corrected chi connectivity index (χ2v) is 8.74. The number of benzene rings is 2. The molecule has 0 saturated carbocycles. The molecule has 26 heavy (non-hydrogen) atoms. The molecule has 1 aliphatic heterocycles. The van der Waals surface area contributed by atoms with Crippen LogP contribution in [0.2, 0.25) is 5.02 Å². The highest BCUT2D eigenvalue weighted by molar-refractivity contribution is 7.89. The summed E-state index contributed by atoms with van der Waals surface area (Å²) in [6.07, 6.45) is 0. The molecule has 0 bridgehead atoms. The Hall–Kier alpha value is -1.93. The maximum absolute atomic E-state index is 12.7. The third-order valence-electron chi connectivity index (χ3n) is 4.60. The summed E-state index contributed by atoms with van der Waals surface area (Å²) in [5, 5.41) is 0.422. The van der Waals surface area contributed by atoms with E-state index in [9.17, 15) is 8.42 Å². The summed E-state index contributed by atoms with van der Waals surface area (Å²) in [7, 11) is -3.50. The average Bonchev–Trinajstić information content (AvgIpc) is 3.04. The van der Waals surface area contributed by atoms with Crippen LogP contribution in [-0.4, -0.2) is 43.9 Å². The Labute approximate surface area is 157 Å². The molecule has 1 N–H and O–H groups in total. The number of quaternary nitrogens is 1. The van der Waals surface area contributed by atoms with Crippen molar-refractivity contribution in [2.24, 2.45) is 0 Å². The van der Waals surface area contributed by atoms with Crippen LogP contribution in [0.1, 0.15) is 5.89 Å². The standard InChI is InChI=1S/C18H18ClN3O3S/c19-14-4-3-5-15(12-14)26(23,24)22-10-8-21(9-11-22)13-18-20-16-6-1-2-7-17(16)25-18/h1-7,12H,8-11,13H2/p+1. The topological polar surface area (TPSA) is 67.8 Å². The van der Waals surface area contributed by atoms with Crippen molar-refractivity contribution in [3.05, 3.63) is 59.4 Å². The lowest BCUT2D eigenvalue weighted by Crippen LogP contribution is -3.13. The molecule has 0 unspecified atom stereocenters. The van der Waals surface area contributed by atoms with Crippen LogP contribution in [0.4, 0.5) is 0 Å². The molecule has 1 saturated heterocycles. The minimum absolute atomic E-state index is 0.243. The fraction of sp³-hybridized carbons (Fsp3) is 0.278. The lowest BCUT2D eigenvalue weighted by molar-refractivity contribution is -0.918. The van der Waals surface area contributed by atoms with E-state index < -0.39 is 10.0 Å². The Morgan fingerprint density at radius 3 is 2.62 bits per heavy atom. The zero-order valence-corrected chi connectivity index (χ0v) is 15.6. The largest absolute Gasteiger partial charge is 0.435 e. The van der Waals surface area contributed by atoms with Gasteiger partial charge in [0.15, 0.2) is 12.1 Å². The van der Waals surface area contributed by atoms with Gasteiger partial charge in [-0.3, -0.25) is 0 Å². The van der Waals surface area contributed by atoms with Gasteiger partial charge in [0.2, 0.25) is 10.0 Å². The summed E-state index contributed by atoms with van der Waals surface area (Å²) in [6.45, 7) is 2.99. The highest BCUT2D eigenvalue weighted by atomic mass is 35.5. The van der Waals surface area contributed by atoms with Crippen molar-refractivity contribution < 1.29 is 17.7 Å². The zero-order chi connectivity index (χ0) is 18.1. The van der Waals surface area contributed by atoms with Crippen LogP contribution in [0, 0.1) is 0 Å². The summed E-state index contributed by atoms with van der Waals surface area (Å²) < 4.78 is 32.8. The van der Waals surface area contributed by atoms with E-state index in [1.807, 2.05) is 24.3 Å². The number of aromatic nitrogens is 1. The molecule has 3 aromatic rings. The van der Waals surface area contributed by atoms with Gasteiger partial charge in [-0.15, -0.1) is 0 Å². The first-order valence-electron chi connectivity index (χ1n) is 8.46. The normalized spacial score (nSPS) is 17.0. The Morgan fingerprint density at radius 1 is 1.12 bits per heavy atom. The van der Waals surface area contributed by atoms with Gasteiger partial charge >= 0.3 is 0 Å². The number of hydrogen-bond acceptors (Lipinski definition) is 4. The number of oxazole rings is 1. The predicted octanol–water partition coefficient (Wildman–Crippen LogP) is 1.57. The van der Waals surface area contributed by atoms with Crippen molar-refractivity contribution in [1.82, 2.24) is 9.29 Å². The van der Waals surface area contributed by atoms with Crippen molar-refractivity contribution in [2.75, 3.05) is 26.2 Å². The van der Waals surface area contributed by atoms with Gasteiger partial charge in [-0.05, 0) is 30.3 Å². The first-order valence-corrected chi connectivity index (χ1v) is 10.3. The average molecular weight is 393 g/mol. The number of nitrogens with zero attached hydrogens (tertiary/aromatic N) is 2. The molecule has 0 aliphatic carbocycles. The summed E-state index contributed by atoms with van der Waals surface area (Å²) in [5.41, 5.74) is 1.63. The number of piperazine rings is 1. The maximum atomic E-state index is 12.7. The molecule has 6 nitrogen and oxygen atoms in total. The van der Waals surface area contributed by atoms with E-state index >= 15 is 0 Å². The number of para-hydroxylation sites is 2. The van der Waals surface area contributed by atoms with Crippen LogP contribution < -0.4 is 4.90 Å². The quantitative estimate of drug-likeness (QED) is 0.731. The van der Waals surface area contributed by atoms with Crippen molar-refractivity contribution in [3.8, 4) is 0 Å². The van der Waals surface area contributed by atoms with Crippen molar-refractivity contribution in [1.29, 1.82) is 0 Å². The van der Waals surface area contributed by atoms with Crippen molar-refractivity contribution in [3.63, 3.8) is 0 Å². The van der Waals surface area contributed by atoms with Crippen LogP contribution in [0.15, 0.2) is 57.8 Å². The van der Waals surface area contributed by atoms with Gasteiger partial charge in [-0.2, -0.15) is 4.31 Å². The van der Waals surface area contributed by atoms with Gasteiger partial charge in [-0.25, -0.2) is 13.4 Å². The number of rotatable bonds is 4. The minimum Gasteiger partial charge on any atom is -0.435 e. The highest BCUT2D eigenvalue weighted by Crippen LogP contribution is 2.19. The second-order valence-electron chi connectivity index (χ2n) is 6.36.